The SMILES string of the molecule is Cc1ccc(C(CN)COc2cccnc2)cc1. The Morgan fingerprint density at radius 3 is 2.61 bits per heavy atom. The van der Waals surface area contributed by atoms with Gasteiger partial charge in [-0.25, -0.2) is 0 Å². The Bertz CT molecular complexity index is 468. The normalized spacial score (nSPS) is 12.1. The minimum absolute atomic E-state index is 0.214. The molecular weight excluding hydrogens is 224 g/mol. The fourth-order valence-corrected chi connectivity index (χ4v) is 1.77. The van der Waals surface area contributed by atoms with Crippen LogP contribution in [0.25, 0.3) is 0 Å². The molecule has 0 radical (unpaired) electrons. The predicted molar refractivity (Wildman–Crippen MR) is 72.7 cm³/mol. The monoisotopic (exact) mass is 242 g/mol. The lowest BCUT2D eigenvalue weighted by Crippen LogP contribution is -2.19. The number of nitrogens with two attached hydrogens (primary N) is 1. The van der Waals surface area contributed by atoms with Gasteiger partial charge in [0.05, 0.1) is 12.8 Å². The van der Waals surface area contributed by atoms with Gasteiger partial charge in [0.25, 0.3) is 0 Å². The van der Waals surface area contributed by atoms with Crippen LogP contribution in [-0.4, -0.2) is 18.1 Å². The van der Waals surface area contributed by atoms with Crippen molar-refractivity contribution in [1.29, 1.82) is 0 Å². The standard InChI is InChI=1S/C15H18N2O/c1-12-4-6-13(7-5-12)14(9-16)11-18-15-3-2-8-17-10-15/h2-8,10,14H,9,11,16H2,1H3. The van der Waals surface area contributed by atoms with Crippen LogP contribution in [0.1, 0.15) is 17.0 Å². The number of benzene rings is 1. The van der Waals surface area contributed by atoms with E-state index in [1.807, 2.05) is 12.1 Å². The van der Waals surface area contributed by atoms with Gasteiger partial charge in [-0.05, 0) is 24.6 Å². The van der Waals surface area contributed by atoms with Crippen molar-refractivity contribution in [3.05, 3.63) is 59.9 Å². The Hall–Kier alpha value is -1.87. The van der Waals surface area contributed by atoms with E-state index in [2.05, 4.69) is 36.2 Å². The quantitative estimate of drug-likeness (QED) is 0.876. The van der Waals surface area contributed by atoms with Crippen LogP contribution in [0.5, 0.6) is 5.75 Å². The summed E-state index contributed by atoms with van der Waals surface area (Å²) in [4.78, 5) is 4.02. The Labute approximate surface area is 108 Å². The topological polar surface area (TPSA) is 48.1 Å². The average molecular weight is 242 g/mol. The molecule has 1 aromatic heterocycles. The fourth-order valence-electron chi connectivity index (χ4n) is 1.77. The molecule has 0 saturated carbocycles. The van der Waals surface area contributed by atoms with Crippen LogP contribution >= 0.6 is 0 Å². The summed E-state index contributed by atoms with van der Waals surface area (Å²) in [6, 6.07) is 12.2. The minimum Gasteiger partial charge on any atom is -0.491 e. The number of nitrogens with zero attached hydrogens (tertiary/aromatic N) is 1. The number of rotatable bonds is 5. The van der Waals surface area contributed by atoms with Crippen LogP contribution in [0.4, 0.5) is 0 Å². The average Bonchev–Trinajstić information content (AvgIpc) is 2.42. The number of ether oxygens (including phenoxy) is 1. The number of aromatic nitrogens is 1. The molecule has 2 N–H and O–H groups in total. The molecule has 1 unspecified atom stereocenters. The van der Waals surface area contributed by atoms with E-state index in [4.69, 9.17) is 10.5 Å². The summed E-state index contributed by atoms with van der Waals surface area (Å²) < 4.78 is 5.70. The summed E-state index contributed by atoms with van der Waals surface area (Å²) in [6.45, 7) is 3.22. The van der Waals surface area contributed by atoms with Gasteiger partial charge in [0, 0.05) is 18.7 Å². The maximum atomic E-state index is 5.81. The van der Waals surface area contributed by atoms with Gasteiger partial charge in [-0.3, -0.25) is 4.98 Å². The van der Waals surface area contributed by atoms with Crippen molar-refractivity contribution in [2.75, 3.05) is 13.2 Å². The number of hydrogen-bond donors (Lipinski definition) is 1. The van der Waals surface area contributed by atoms with Crippen molar-refractivity contribution in [2.45, 2.75) is 12.8 Å². The van der Waals surface area contributed by atoms with Gasteiger partial charge < -0.3 is 10.5 Å². The highest BCUT2D eigenvalue weighted by Gasteiger charge is 2.10. The van der Waals surface area contributed by atoms with E-state index in [-0.39, 0.29) is 5.92 Å². The van der Waals surface area contributed by atoms with Gasteiger partial charge in [-0.2, -0.15) is 0 Å². The second kappa shape index (κ2) is 6.17. The predicted octanol–water partition coefficient (Wildman–Crippen LogP) is 2.51. The third-order valence-electron chi connectivity index (χ3n) is 2.92. The van der Waals surface area contributed by atoms with Crippen LogP contribution in [0.15, 0.2) is 48.8 Å². The highest BCUT2D eigenvalue weighted by Crippen LogP contribution is 2.17. The van der Waals surface area contributed by atoms with Crippen LogP contribution in [-0.2, 0) is 0 Å². The van der Waals surface area contributed by atoms with E-state index >= 15 is 0 Å². The number of hydrogen-bond acceptors (Lipinski definition) is 3. The second-order valence-corrected chi connectivity index (χ2v) is 4.34. The van der Waals surface area contributed by atoms with Crippen molar-refractivity contribution in [3.8, 4) is 5.75 Å². The van der Waals surface area contributed by atoms with Crippen LogP contribution in [0, 0.1) is 6.92 Å². The summed E-state index contributed by atoms with van der Waals surface area (Å²) in [5, 5.41) is 0. The molecule has 2 aromatic rings. The third kappa shape index (κ3) is 3.31. The molecule has 1 atom stereocenters. The lowest BCUT2D eigenvalue weighted by molar-refractivity contribution is 0.289. The molecule has 0 aliphatic heterocycles. The summed E-state index contributed by atoms with van der Waals surface area (Å²) in [5.41, 5.74) is 8.28. The summed E-state index contributed by atoms with van der Waals surface area (Å²) in [7, 11) is 0. The smallest absolute Gasteiger partial charge is 0.137 e. The Morgan fingerprint density at radius 1 is 1.22 bits per heavy atom. The molecule has 0 fully saturated rings. The minimum atomic E-state index is 0.214. The summed E-state index contributed by atoms with van der Waals surface area (Å²) in [6.07, 6.45) is 3.44. The summed E-state index contributed by atoms with van der Waals surface area (Å²) >= 11 is 0. The fraction of sp³-hybridized carbons (Fsp3) is 0.267. The van der Waals surface area contributed by atoms with Gasteiger partial charge in [0.15, 0.2) is 0 Å². The highest BCUT2D eigenvalue weighted by molar-refractivity contribution is 5.25. The molecule has 0 spiro atoms. The molecule has 2 rings (SSSR count). The Kier molecular flexibility index (Phi) is 4.31. The maximum absolute atomic E-state index is 5.81. The first kappa shape index (κ1) is 12.6. The third-order valence-corrected chi connectivity index (χ3v) is 2.92. The second-order valence-electron chi connectivity index (χ2n) is 4.34. The van der Waals surface area contributed by atoms with E-state index in [0.29, 0.717) is 13.2 Å². The number of pyridine rings is 1. The number of aryl methyl sites for hydroxylation is 1. The molecule has 0 aliphatic carbocycles. The molecule has 0 saturated heterocycles. The lowest BCUT2D eigenvalue weighted by Gasteiger charge is -2.16. The molecular formula is C15H18N2O. The Morgan fingerprint density at radius 2 is 2.00 bits per heavy atom. The molecule has 0 bridgehead atoms. The molecule has 1 heterocycles. The highest BCUT2D eigenvalue weighted by atomic mass is 16.5. The van der Waals surface area contributed by atoms with Crippen LogP contribution in [0.2, 0.25) is 0 Å². The zero-order chi connectivity index (χ0) is 12.8. The molecule has 18 heavy (non-hydrogen) atoms. The van der Waals surface area contributed by atoms with E-state index in [1.54, 1.807) is 12.4 Å². The zero-order valence-electron chi connectivity index (χ0n) is 10.5. The lowest BCUT2D eigenvalue weighted by atomic mass is 9.99. The molecule has 0 aliphatic rings. The van der Waals surface area contributed by atoms with Gasteiger partial charge in [0.2, 0.25) is 0 Å². The summed E-state index contributed by atoms with van der Waals surface area (Å²) in [5.74, 6) is 0.994. The molecule has 94 valence electrons. The van der Waals surface area contributed by atoms with E-state index in [1.165, 1.54) is 11.1 Å². The molecule has 0 amide bonds. The molecule has 3 heteroatoms. The molecule has 3 nitrogen and oxygen atoms in total. The first-order valence-electron chi connectivity index (χ1n) is 6.09. The van der Waals surface area contributed by atoms with Gasteiger partial charge in [-0.1, -0.05) is 29.8 Å². The first-order chi connectivity index (χ1) is 8.79. The van der Waals surface area contributed by atoms with Crippen LogP contribution < -0.4 is 10.5 Å². The van der Waals surface area contributed by atoms with Crippen molar-refractivity contribution in [3.63, 3.8) is 0 Å². The zero-order valence-corrected chi connectivity index (χ0v) is 10.5. The first-order valence-corrected chi connectivity index (χ1v) is 6.09. The van der Waals surface area contributed by atoms with Crippen LogP contribution in [0.3, 0.4) is 0 Å². The van der Waals surface area contributed by atoms with Crippen molar-refractivity contribution in [2.24, 2.45) is 5.73 Å². The maximum Gasteiger partial charge on any atom is 0.137 e. The largest absolute Gasteiger partial charge is 0.491 e. The van der Waals surface area contributed by atoms with Gasteiger partial charge >= 0.3 is 0 Å². The Balaban J connectivity index is 1.99. The van der Waals surface area contributed by atoms with Crippen molar-refractivity contribution < 1.29 is 4.74 Å². The molecule has 1 aromatic carbocycles. The van der Waals surface area contributed by atoms with Gasteiger partial charge in [-0.15, -0.1) is 0 Å². The van der Waals surface area contributed by atoms with E-state index in [0.717, 1.165) is 5.75 Å². The van der Waals surface area contributed by atoms with Crippen molar-refractivity contribution in [1.82, 2.24) is 4.98 Å². The van der Waals surface area contributed by atoms with E-state index < -0.39 is 0 Å². The van der Waals surface area contributed by atoms with Crippen molar-refractivity contribution >= 4 is 0 Å². The van der Waals surface area contributed by atoms with E-state index in [9.17, 15) is 0 Å². The van der Waals surface area contributed by atoms with Gasteiger partial charge in [0.1, 0.15) is 5.75 Å².